The smallest absolute Gasteiger partial charge is 0.252 e. The number of nitrogens with zero attached hydrogens (tertiary/aromatic N) is 1. The van der Waals surface area contributed by atoms with Crippen LogP contribution in [0.15, 0.2) is 54.6 Å². The Balaban J connectivity index is 1.64. The molecule has 1 amide bonds. The average molecular weight is 359 g/mol. The molecule has 5 nitrogen and oxygen atoms in total. The van der Waals surface area contributed by atoms with Gasteiger partial charge in [-0.2, -0.15) is 0 Å². The van der Waals surface area contributed by atoms with Gasteiger partial charge in [0, 0.05) is 47.4 Å². The molecule has 27 heavy (non-hydrogen) atoms. The lowest BCUT2D eigenvalue weighted by Crippen LogP contribution is -2.28. The average Bonchev–Trinajstić information content (AvgIpc) is 3.19. The van der Waals surface area contributed by atoms with E-state index < -0.39 is 0 Å². The van der Waals surface area contributed by atoms with E-state index in [0.717, 1.165) is 53.8 Å². The van der Waals surface area contributed by atoms with Crippen molar-refractivity contribution in [3.63, 3.8) is 0 Å². The SMILES string of the molecule is O=C1NC(c2c(CN3CC=CCC3)[nH]c3ccccc23)c2cc(O)ccc21. The standard InChI is InChI=1S/C22H21N3O2/c26-14-8-9-15-17(12-14)21(24-22(15)27)20-16-6-2-3-7-18(16)23-19(20)13-25-10-4-1-5-11-25/h1-4,6-9,12,21,23,26H,5,10-11,13H2,(H,24,27). The molecule has 2 aromatic carbocycles. The second-order valence-electron chi connectivity index (χ2n) is 7.24. The highest BCUT2D eigenvalue weighted by molar-refractivity contribution is 6.01. The number of aromatic nitrogens is 1. The summed E-state index contributed by atoms with van der Waals surface area (Å²) in [6, 6.07) is 12.9. The molecule has 0 radical (unpaired) electrons. The number of rotatable bonds is 3. The first kappa shape index (κ1) is 16.1. The summed E-state index contributed by atoms with van der Waals surface area (Å²) in [4.78, 5) is 18.5. The van der Waals surface area contributed by atoms with Crippen LogP contribution < -0.4 is 5.32 Å². The van der Waals surface area contributed by atoms with Crippen molar-refractivity contribution in [2.24, 2.45) is 0 Å². The number of amides is 1. The van der Waals surface area contributed by atoms with Crippen LogP contribution in [0.1, 0.15) is 39.6 Å². The number of para-hydroxylation sites is 1. The summed E-state index contributed by atoms with van der Waals surface area (Å²) in [5.74, 6) is 0.0879. The summed E-state index contributed by atoms with van der Waals surface area (Å²) in [6.07, 6.45) is 5.49. The van der Waals surface area contributed by atoms with E-state index in [1.54, 1.807) is 18.2 Å². The number of carbonyl (C=O) groups excluding carboxylic acids is 1. The molecule has 0 fully saturated rings. The van der Waals surface area contributed by atoms with Crippen molar-refractivity contribution in [3.8, 4) is 5.75 Å². The number of benzene rings is 2. The molecule has 3 aromatic rings. The normalized spacial score (nSPS) is 19.4. The molecule has 0 spiro atoms. The quantitative estimate of drug-likeness (QED) is 0.627. The summed E-state index contributed by atoms with van der Waals surface area (Å²) in [7, 11) is 0. The Kier molecular flexibility index (Phi) is 3.76. The minimum atomic E-state index is -0.258. The molecule has 5 heteroatoms. The Morgan fingerprint density at radius 1 is 1.15 bits per heavy atom. The van der Waals surface area contributed by atoms with Crippen LogP contribution >= 0.6 is 0 Å². The molecule has 136 valence electrons. The second kappa shape index (κ2) is 6.28. The predicted molar refractivity (Wildman–Crippen MR) is 105 cm³/mol. The van der Waals surface area contributed by atoms with Crippen molar-refractivity contribution in [1.82, 2.24) is 15.2 Å². The van der Waals surface area contributed by atoms with Crippen LogP contribution in [0.3, 0.4) is 0 Å². The number of H-pyrrole nitrogens is 1. The number of hydrogen-bond donors (Lipinski definition) is 3. The van der Waals surface area contributed by atoms with Crippen LogP contribution in [0.5, 0.6) is 5.75 Å². The lowest BCUT2D eigenvalue weighted by atomic mass is 9.95. The van der Waals surface area contributed by atoms with Gasteiger partial charge in [0.15, 0.2) is 0 Å². The monoisotopic (exact) mass is 359 g/mol. The van der Waals surface area contributed by atoms with Crippen LogP contribution in [-0.2, 0) is 6.54 Å². The minimum absolute atomic E-state index is 0.0906. The van der Waals surface area contributed by atoms with Crippen molar-refractivity contribution in [1.29, 1.82) is 0 Å². The van der Waals surface area contributed by atoms with Crippen LogP contribution in [0, 0.1) is 0 Å². The predicted octanol–water partition coefficient (Wildman–Crippen LogP) is 3.47. The number of phenols is 1. The number of fused-ring (bicyclic) bond motifs is 2. The first-order valence-corrected chi connectivity index (χ1v) is 9.31. The van der Waals surface area contributed by atoms with Crippen molar-refractivity contribution in [3.05, 3.63) is 77.0 Å². The second-order valence-corrected chi connectivity index (χ2v) is 7.24. The third-order valence-corrected chi connectivity index (χ3v) is 5.51. The fourth-order valence-corrected chi connectivity index (χ4v) is 4.24. The van der Waals surface area contributed by atoms with Gasteiger partial charge in [0.05, 0.1) is 6.04 Å². The fourth-order valence-electron chi connectivity index (χ4n) is 4.24. The molecule has 2 aliphatic rings. The van der Waals surface area contributed by atoms with E-state index in [1.807, 2.05) is 12.1 Å². The van der Waals surface area contributed by atoms with E-state index in [-0.39, 0.29) is 17.7 Å². The summed E-state index contributed by atoms with van der Waals surface area (Å²) >= 11 is 0. The Bertz CT molecular complexity index is 1070. The number of hydrogen-bond acceptors (Lipinski definition) is 3. The van der Waals surface area contributed by atoms with Crippen molar-refractivity contribution in [2.75, 3.05) is 13.1 Å². The van der Waals surface area contributed by atoms with Gasteiger partial charge in [-0.3, -0.25) is 9.69 Å². The van der Waals surface area contributed by atoms with Crippen molar-refractivity contribution < 1.29 is 9.90 Å². The maximum Gasteiger partial charge on any atom is 0.252 e. The third-order valence-electron chi connectivity index (χ3n) is 5.51. The minimum Gasteiger partial charge on any atom is -0.508 e. The maximum atomic E-state index is 12.5. The molecule has 0 bridgehead atoms. The van der Waals surface area contributed by atoms with Gasteiger partial charge in [0.2, 0.25) is 0 Å². The van der Waals surface area contributed by atoms with E-state index in [4.69, 9.17) is 0 Å². The molecule has 2 aliphatic heterocycles. The highest BCUT2D eigenvalue weighted by Gasteiger charge is 2.33. The Morgan fingerprint density at radius 3 is 2.89 bits per heavy atom. The van der Waals surface area contributed by atoms with Gasteiger partial charge in [-0.1, -0.05) is 30.4 Å². The van der Waals surface area contributed by atoms with Crippen molar-refractivity contribution in [2.45, 2.75) is 19.0 Å². The topological polar surface area (TPSA) is 68.4 Å². The lowest BCUT2D eigenvalue weighted by Gasteiger charge is -2.24. The van der Waals surface area contributed by atoms with Gasteiger partial charge in [-0.15, -0.1) is 0 Å². The molecule has 3 heterocycles. The van der Waals surface area contributed by atoms with E-state index in [9.17, 15) is 9.90 Å². The lowest BCUT2D eigenvalue weighted by molar-refractivity contribution is 0.0960. The van der Waals surface area contributed by atoms with E-state index in [1.165, 1.54) is 0 Å². The molecule has 1 atom stereocenters. The van der Waals surface area contributed by atoms with Crippen LogP contribution in [-0.4, -0.2) is 34.0 Å². The Morgan fingerprint density at radius 2 is 2.04 bits per heavy atom. The molecule has 0 saturated carbocycles. The molecule has 0 saturated heterocycles. The van der Waals surface area contributed by atoms with Gasteiger partial charge in [-0.05, 0) is 36.2 Å². The third kappa shape index (κ3) is 2.71. The number of carbonyl (C=O) groups is 1. The molecular weight excluding hydrogens is 338 g/mol. The maximum absolute atomic E-state index is 12.5. The molecule has 1 unspecified atom stereocenters. The van der Waals surface area contributed by atoms with Gasteiger partial charge < -0.3 is 15.4 Å². The van der Waals surface area contributed by atoms with Crippen LogP contribution in [0.4, 0.5) is 0 Å². The molecule has 0 aliphatic carbocycles. The first-order chi connectivity index (χ1) is 13.2. The van der Waals surface area contributed by atoms with Crippen LogP contribution in [0.2, 0.25) is 0 Å². The molecular formula is C22H21N3O2. The molecule has 1 aromatic heterocycles. The number of phenolic OH excluding ortho intramolecular Hbond substituents is 1. The van der Waals surface area contributed by atoms with Gasteiger partial charge in [0.1, 0.15) is 5.75 Å². The number of nitrogens with one attached hydrogen (secondary N) is 2. The summed E-state index contributed by atoms with van der Waals surface area (Å²) in [5.41, 5.74) is 4.75. The fraction of sp³-hybridized carbons (Fsp3) is 0.227. The van der Waals surface area contributed by atoms with E-state index in [0.29, 0.717) is 5.56 Å². The van der Waals surface area contributed by atoms with Gasteiger partial charge in [-0.25, -0.2) is 0 Å². The zero-order chi connectivity index (χ0) is 18.4. The number of aromatic amines is 1. The largest absolute Gasteiger partial charge is 0.508 e. The summed E-state index contributed by atoms with van der Waals surface area (Å²) < 4.78 is 0. The van der Waals surface area contributed by atoms with Crippen molar-refractivity contribution >= 4 is 16.8 Å². The first-order valence-electron chi connectivity index (χ1n) is 9.31. The molecule has 5 rings (SSSR count). The Labute approximate surface area is 157 Å². The highest BCUT2D eigenvalue weighted by atomic mass is 16.3. The van der Waals surface area contributed by atoms with E-state index >= 15 is 0 Å². The van der Waals surface area contributed by atoms with E-state index in [2.05, 4.69) is 39.5 Å². The van der Waals surface area contributed by atoms with Gasteiger partial charge >= 0.3 is 0 Å². The zero-order valence-electron chi connectivity index (χ0n) is 14.9. The Hall–Kier alpha value is -3.05. The summed E-state index contributed by atoms with van der Waals surface area (Å²) in [6.45, 7) is 2.76. The highest BCUT2D eigenvalue weighted by Crippen LogP contribution is 2.38. The summed E-state index contributed by atoms with van der Waals surface area (Å²) in [5, 5.41) is 14.2. The number of aromatic hydroxyl groups is 1. The van der Waals surface area contributed by atoms with Crippen LogP contribution in [0.25, 0.3) is 10.9 Å². The van der Waals surface area contributed by atoms with Gasteiger partial charge in [0.25, 0.3) is 5.91 Å². The molecule has 3 N–H and O–H groups in total. The zero-order valence-corrected chi connectivity index (χ0v) is 14.9.